The van der Waals surface area contributed by atoms with Gasteiger partial charge in [0.1, 0.15) is 0 Å². The monoisotopic (exact) mass is 370 g/mol. The summed E-state index contributed by atoms with van der Waals surface area (Å²) in [7, 11) is -1.92. The van der Waals surface area contributed by atoms with Crippen LogP contribution in [-0.2, 0) is 21.4 Å². The van der Waals surface area contributed by atoms with Crippen molar-refractivity contribution in [3.63, 3.8) is 0 Å². The topological polar surface area (TPSA) is 86.3 Å². The maximum atomic E-state index is 11.9. The molecule has 0 fully saturated rings. The molecule has 0 amide bonds. The van der Waals surface area contributed by atoms with Crippen LogP contribution in [0.3, 0.4) is 0 Å². The predicted molar refractivity (Wildman–Crippen MR) is 107 cm³/mol. The lowest BCUT2D eigenvalue weighted by Crippen LogP contribution is -2.29. The number of rotatable bonds is 7. The summed E-state index contributed by atoms with van der Waals surface area (Å²) in [6.07, 6.45) is 1.88. The Kier molecular flexibility index (Phi) is 4.84. The van der Waals surface area contributed by atoms with Crippen LogP contribution in [0.1, 0.15) is 18.1 Å². The van der Waals surface area contributed by atoms with Crippen LogP contribution in [0.15, 0.2) is 59.7 Å². The molecular weight excluding hydrogens is 348 g/mol. The Bertz CT molecular complexity index is 1030. The molecule has 0 bridgehead atoms. The fourth-order valence-electron chi connectivity index (χ4n) is 2.95. The number of H-pyrrole nitrogens is 1. The molecule has 1 atom stereocenters. The first kappa shape index (κ1) is 18.2. The van der Waals surface area contributed by atoms with Gasteiger partial charge in [0.15, 0.2) is 5.66 Å². The van der Waals surface area contributed by atoms with Gasteiger partial charge in [0, 0.05) is 28.4 Å². The average Bonchev–Trinajstić information content (AvgIpc) is 3.06. The predicted octanol–water partition coefficient (Wildman–Crippen LogP) is 3.20. The highest BCUT2D eigenvalue weighted by molar-refractivity contribution is 7.88. The normalized spacial score (nSPS) is 14.1. The number of sulfonamides is 1. The second-order valence-electron chi connectivity index (χ2n) is 6.27. The molecule has 1 heterocycles. The SMILES string of the molecule is C=NC(C)(Nc1ccccc1)c1c[nH]c2ccc(CS(=O)(=O)NC)cc12. The molecule has 0 aliphatic rings. The fourth-order valence-corrected chi connectivity index (χ4v) is 3.71. The van der Waals surface area contributed by atoms with Gasteiger partial charge in [-0.1, -0.05) is 24.3 Å². The van der Waals surface area contributed by atoms with E-state index in [1.807, 2.05) is 55.6 Å². The van der Waals surface area contributed by atoms with Crippen LogP contribution in [0.25, 0.3) is 10.9 Å². The number of fused-ring (bicyclic) bond motifs is 1. The molecule has 0 spiro atoms. The second-order valence-corrected chi connectivity index (χ2v) is 8.19. The van der Waals surface area contributed by atoms with E-state index >= 15 is 0 Å². The Labute approximate surface area is 153 Å². The van der Waals surface area contributed by atoms with Crippen LogP contribution >= 0.6 is 0 Å². The largest absolute Gasteiger partial charge is 0.361 e. The summed E-state index contributed by atoms with van der Waals surface area (Å²) in [4.78, 5) is 7.54. The first-order chi connectivity index (χ1) is 12.4. The number of anilines is 1. The summed E-state index contributed by atoms with van der Waals surface area (Å²) in [5.74, 6) is -0.0750. The van der Waals surface area contributed by atoms with Crippen LogP contribution in [0.5, 0.6) is 0 Å². The third kappa shape index (κ3) is 3.63. The van der Waals surface area contributed by atoms with Gasteiger partial charge in [0.25, 0.3) is 0 Å². The number of hydrogen-bond donors (Lipinski definition) is 3. The van der Waals surface area contributed by atoms with Gasteiger partial charge < -0.3 is 10.3 Å². The minimum atomic E-state index is -3.34. The van der Waals surface area contributed by atoms with E-state index in [-0.39, 0.29) is 5.75 Å². The van der Waals surface area contributed by atoms with Crippen molar-refractivity contribution in [3.05, 3.63) is 65.9 Å². The van der Waals surface area contributed by atoms with E-state index in [2.05, 4.69) is 26.7 Å². The van der Waals surface area contributed by atoms with Gasteiger partial charge in [0.05, 0.1) is 5.75 Å². The van der Waals surface area contributed by atoms with Crippen molar-refractivity contribution in [3.8, 4) is 0 Å². The van der Waals surface area contributed by atoms with Crippen molar-refractivity contribution in [2.45, 2.75) is 18.3 Å². The molecule has 6 nitrogen and oxygen atoms in total. The van der Waals surface area contributed by atoms with Gasteiger partial charge in [-0.05, 0) is 50.5 Å². The van der Waals surface area contributed by atoms with E-state index in [1.165, 1.54) is 7.05 Å². The van der Waals surface area contributed by atoms with Crippen molar-refractivity contribution in [1.82, 2.24) is 9.71 Å². The third-order valence-electron chi connectivity index (χ3n) is 4.42. The molecule has 3 N–H and O–H groups in total. The highest BCUT2D eigenvalue weighted by atomic mass is 32.2. The summed E-state index contributed by atoms with van der Waals surface area (Å²) >= 11 is 0. The molecule has 0 saturated carbocycles. The van der Waals surface area contributed by atoms with Crippen molar-refractivity contribution in [1.29, 1.82) is 0 Å². The van der Waals surface area contributed by atoms with Gasteiger partial charge in [-0.15, -0.1) is 0 Å². The highest BCUT2D eigenvalue weighted by Gasteiger charge is 2.28. The van der Waals surface area contributed by atoms with E-state index in [1.54, 1.807) is 6.07 Å². The molecule has 0 radical (unpaired) electrons. The Morgan fingerprint density at radius 3 is 2.58 bits per heavy atom. The summed E-state index contributed by atoms with van der Waals surface area (Å²) in [5, 5.41) is 4.31. The van der Waals surface area contributed by atoms with E-state index in [0.717, 1.165) is 22.2 Å². The molecule has 0 aliphatic heterocycles. The molecule has 3 rings (SSSR count). The zero-order valence-electron chi connectivity index (χ0n) is 14.8. The van der Waals surface area contributed by atoms with Crippen molar-refractivity contribution >= 4 is 33.3 Å². The van der Waals surface area contributed by atoms with Crippen molar-refractivity contribution < 1.29 is 8.42 Å². The summed E-state index contributed by atoms with van der Waals surface area (Å²) in [6, 6.07) is 15.3. The third-order valence-corrected chi connectivity index (χ3v) is 5.75. The van der Waals surface area contributed by atoms with E-state index < -0.39 is 15.7 Å². The molecule has 26 heavy (non-hydrogen) atoms. The number of nitrogens with one attached hydrogen (secondary N) is 3. The lowest BCUT2D eigenvalue weighted by atomic mass is 9.99. The maximum absolute atomic E-state index is 11.9. The van der Waals surface area contributed by atoms with Gasteiger partial charge >= 0.3 is 0 Å². The molecule has 0 saturated heterocycles. The van der Waals surface area contributed by atoms with E-state index in [4.69, 9.17) is 0 Å². The molecule has 3 aromatic rings. The Hall–Kier alpha value is -2.64. The van der Waals surface area contributed by atoms with E-state index in [9.17, 15) is 8.42 Å². The molecule has 136 valence electrons. The standard InChI is InChI=1S/C19H22N4O2S/c1-19(20-2,23-15-7-5-4-6-8-15)17-12-22-18-10-9-14(11-16(17)18)13-26(24,25)21-3/h4-12,21-23H,2,13H2,1,3H3. The van der Waals surface area contributed by atoms with Gasteiger partial charge in [-0.2, -0.15) is 0 Å². The van der Waals surface area contributed by atoms with Crippen LogP contribution in [0.4, 0.5) is 5.69 Å². The number of aliphatic imine (C=N–C) groups is 1. The Morgan fingerprint density at radius 1 is 1.19 bits per heavy atom. The smallest absolute Gasteiger partial charge is 0.215 e. The van der Waals surface area contributed by atoms with Gasteiger partial charge in [0.2, 0.25) is 10.0 Å². The van der Waals surface area contributed by atoms with Crippen LogP contribution in [-0.4, -0.2) is 27.2 Å². The molecule has 2 aromatic carbocycles. The number of aromatic nitrogens is 1. The number of hydrogen-bond acceptors (Lipinski definition) is 4. The summed E-state index contributed by atoms with van der Waals surface area (Å²) < 4.78 is 26.1. The zero-order chi connectivity index (χ0) is 18.8. The van der Waals surface area contributed by atoms with Crippen LogP contribution in [0.2, 0.25) is 0 Å². The van der Waals surface area contributed by atoms with Gasteiger partial charge in [-0.3, -0.25) is 4.99 Å². The van der Waals surface area contributed by atoms with Crippen molar-refractivity contribution in [2.24, 2.45) is 4.99 Å². The molecule has 1 unspecified atom stereocenters. The number of benzene rings is 2. The number of aromatic amines is 1. The lowest BCUT2D eigenvalue weighted by molar-refractivity contribution is 0.587. The summed E-state index contributed by atoms with van der Waals surface area (Å²) in [5.41, 5.74) is 2.68. The lowest BCUT2D eigenvalue weighted by Gasteiger charge is -2.27. The maximum Gasteiger partial charge on any atom is 0.215 e. The molecule has 7 heteroatoms. The molecule has 0 aliphatic carbocycles. The molecule has 1 aromatic heterocycles. The van der Waals surface area contributed by atoms with E-state index in [0.29, 0.717) is 5.56 Å². The second kappa shape index (κ2) is 6.93. The fraction of sp³-hybridized carbons (Fsp3) is 0.211. The average molecular weight is 370 g/mol. The minimum absolute atomic E-state index is 0.0750. The van der Waals surface area contributed by atoms with Crippen LogP contribution in [0, 0.1) is 0 Å². The van der Waals surface area contributed by atoms with Crippen molar-refractivity contribution in [2.75, 3.05) is 12.4 Å². The number of para-hydroxylation sites is 1. The highest BCUT2D eigenvalue weighted by Crippen LogP contribution is 2.33. The van der Waals surface area contributed by atoms with Gasteiger partial charge in [-0.25, -0.2) is 13.1 Å². The van der Waals surface area contributed by atoms with Crippen LogP contribution < -0.4 is 10.0 Å². The minimum Gasteiger partial charge on any atom is -0.361 e. The Balaban J connectivity index is 2.04. The number of nitrogens with zero attached hydrogens (tertiary/aromatic N) is 1. The summed E-state index contributed by atoms with van der Waals surface area (Å²) in [6.45, 7) is 5.69. The Morgan fingerprint density at radius 2 is 1.92 bits per heavy atom. The first-order valence-corrected chi connectivity index (χ1v) is 9.85. The molecular formula is C19H22N4O2S. The first-order valence-electron chi connectivity index (χ1n) is 8.20. The quantitative estimate of drug-likeness (QED) is 0.558. The zero-order valence-corrected chi connectivity index (χ0v) is 15.6.